The van der Waals surface area contributed by atoms with E-state index in [0.29, 0.717) is 6.54 Å². The zero-order valence-corrected chi connectivity index (χ0v) is 12.1. The summed E-state index contributed by atoms with van der Waals surface area (Å²) < 4.78 is 2.93. The average molecular weight is 317 g/mol. The van der Waals surface area contributed by atoms with Gasteiger partial charge in [-0.15, -0.1) is 0 Å². The molecule has 0 atom stereocenters. The van der Waals surface area contributed by atoms with Crippen molar-refractivity contribution in [2.45, 2.75) is 6.54 Å². The highest BCUT2D eigenvalue weighted by atomic mass is 79.9. The van der Waals surface area contributed by atoms with Crippen LogP contribution in [0.2, 0.25) is 0 Å². The Hall–Kier alpha value is -1.88. The first-order valence-corrected chi connectivity index (χ1v) is 6.79. The summed E-state index contributed by atoms with van der Waals surface area (Å²) in [7, 11) is 1.93. The summed E-state index contributed by atoms with van der Waals surface area (Å²) in [5, 5.41) is 9.79. The van der Waals surface area contributed by atoms with Crippen molar-refractivity contribution in [1.29, 1.82) is 0 Å². The molecule has 0 aliphatic carbocycles. The van der Waals surface area contributed by atoms with Crippen LogP contribution in [0.15, 0.2) is 47.2 Å². The Kier molecular flexibility index (Phi) is 3.21. The second-order valence-electron chi connectivity index (χ2n) is 4.29. The Morgan fingerprint density at radius 2 is 2.05 bits per heavy atom. The average Bonchev–Trinajstić information content (AvgIpc) is 2.82. The molecule has 1 aromatic carbocycles. The van der Waals surface area contributed by atoms with E-state index in [9.17, 15) is 0 Å². The summed E-state index contributed by atoms with van der Waals surface area (Å²) in [4.78, 5) is 4.42. The molecule has 0 saturated carbocycles. The van der Waals surface area contributed by atoms with Gasteiger partial charge in [0, 0.05) is 34.7 Å². The van der Waals surface area contributed by atoms with Crippen molar-refractivity contribution in [1.82, 2.24) is 14.8 Å². The highest BCUT2D eigenvalue weighted by molar-refractivity contribution is 9.10. The molecule has 0 spiro atoms. The lowest BCUT2D eigenvalue weighted by Crippen LogP contribution is -2.06. The summed E-state index contributed by atoms with van der Waals surface area (Å²) in [6.07, 6.45) is 3.61. The molecule has 0 amide bonds. The summed E-state index contributed by atoms with van der Waals surface area (Å²) in [6.45, 7) is 0.703. The maximum absolute atomic E-state index is 4.42. The van der Waals surface area contributed by atoms with Crippen LogP contribution in [0.5, 0.6) is 0 Å². The van der Waals surface area contributed by atoms with Gasteiger partial charge in [-0.25, -0.2) is 4.98 Å². The van der Waals surface area contributed by atoms with E-state index in [-0.39, 0.29) is 0 Å². The maximum Gasteiger partial charge on any atom is 0.134 e. The van der Waals surface area contributed by atoms with Crippen LogP contribution in [0.4, 0.5) is 5.82 Å². The van der Waals surface area contributed by atoms with Crippen LogP contribution in [0.25, 0.3) is 10.8 Å². The minimum atomic E-state index is 0.703. The van der Waals surface area contributed by atoms with Gasteiger partial charge in [0.2, 0.25) is 0 Å². The quantitative estimate of drug-likeness (QED) is 0.805. The maximum atomic E-state index is 4.42. The number of nitrogens with zero attached hydrogens (tertiary/aromatic N) is 3. The number of pyridine rings is 1. The number of aromatic nitrogens is 3. The fourth-order valence-electron chi connectivity index (χ4n) is 2.06. The van der Waals surface area contributed by atoms with Gasteiger partial charge in [-0.3, -0.25) is 4.68 Å². The van der Waals surface area contributed by atoms with Crippen LogP contribution in [-0.4, -0.2) is 14.8 Å². The Morgan fingerprint density at radius 1 is 1.16 bits per heavy atom. The van der Waals surface area contributed by atoms with E-state index in [1.54, 1.807) is 6.20 Å². The zero-order chi connectivity index (χ0) is 13.2. The Labute approximate surface area is 119 Å². The molecule has 19 heavy (non-hydrogen) atoms. The van der Waals surface area contributed by atoms with E-state index in [4.69, 9.17) is 0 Å². The van der Waals surface area contributed by atoms with E-state index in [1.807, 2.05) is 42.2 Å². The number of aryl methyl sites for hydroxylation is 1. The number of benzene rings is 1. The number of anilines is 1. The summed E-state index contributed by atoms with van der Waals surface area (Å²) in [5.74, 6) is 0.889. The van der Waals surface area contributed by atoms with Crippen LogP contribution >= 0.6 is 15.9 Å². The SMILES string of the molecule is Cn1nccc1CNc1nccc2c(Br)cccc12. The third-order valence-corrected chi connectivity index (χ3v) is 3.80. The molecule has 4 nitrogen and oxygen atoms in total. The van der Waals surface area contributed by atoms with Crippen molar-refractivity contribution >= 4 is 32.5 Å². The molecule has 2 heterocycles. The minimum Gasteiger partial charge on any atom is -0.364 e. The standard InChI is InChI=1S/C14H13BrN4/c1-19-10(5-8-18-19)9-17-14-12-3-2-4-13(15)11(12)6-7-16-14/h2-8H,9H2,1H3,(H,16,17). The normalized spacial score (nSPS) is 10.8. The van der Waals surface area contributed by atoms with Crippen molar-refractivity contribution < 1.29 is 0 Å². The molecule has 0 aliphatic rings. The molecule has 0 radical (unpaired) electrons. The molecular formula is C14H13BrN4. The van der Waals surface area contributed by atoms with Crippen molar-refractivity contribution in [3.05, 3.63) is 52.9 Å². The molecular weight excluding hydrogens is 304 g/mol. The third-order valence-electron chi connectivity index (χ3n) is 3.11. The smallest absolute Gasteiger partial charge is 0.134 e. The van der Waals surface area contributed by atoms with Gasteiger partial charge in [0.15, 0.2) is 0 Å². The predicted octanol–water partition coefficient (Wildman–Crippen LogP) is 3.34. The zero-order valence-electron chi connectivity index (χ0n) is 10.5. The Balaban J connectivity index is 1.93. The van der Waals surface area contributed by atoms with Crippen molar-refractivity contribution in [3.8, 4) is 0 Å². The number of fused-ring (bicyclic) bond motifs is 1. The number of hydrogen-bond acceptors (Lipinski definition) is 3. The summed E-state index contributed by atoms with van der Waals surface area (Å²) >= 11 is 3.56. The molecule has 0 saturated heterocycles. The van der Waals surface area contributed by atoms with Crippen LogP contribution in [0, 0.1) is 0 Å². The fraction of sp³-hybridized carbons (Fsp3) is 0.143. The molecule has 3 rings (SSSR count). The van der Waals surface area contributed by atoms with Crippen molar-refractivity contribution in [2.75, 3.05) is 5.32 Å². The van der Waals surface area contributed by atoms with Crippen LogP contribution in [-0.2, 0) is 13.6 Å². The van der Waals surface area contributed by atoms with Crippen LogP contribution in [0.3, 0.4) is 0 Å². The van der Waals surface area contributed by atoms with Gasteiger partial charge < -0.3 is 5.32 Å². The van der Waals surface area contributed by atoms with Crippen LogP contribution < -0.4 is 5.32 Å². The van der Waals surface area contributed by atoms with Crippen molar-refractivity contribution in [3.63, 3.8) is 0 Å². The van der Waals surface area contributed by atoms with Gasteiger partial charge >= 0.3 is 0 Å². The number of halogens is 1. The van der Waals surface area contributed by atoms with Gasteiger partial charge in [0.25, 0.3) is 0 Å². The van der Waals surface area contributed by atoms with Gasteiger partial charge in [-0.05, 0) is 18.2 Å². The largest absolute Gasteiger partial charge is 0.364 e. The topological polar surface area (TPSA) is 42.7 Å². The molecule has 3 aromatic rings. The second kappa shape index (κ2) is 5.01. The van der Waals surface area contributed by atoms with Gasteiger partial charge in [-0.1, -0.05) is 28.1 Å². The molecule has 0 fully saturated rings. The van der Waals surface area contributed by atoms with E-state index >= 15 is 0 Å². The Morgan fingerprint density at radius 3 is 2.84 bits per heavy atom. The highest BCUT2D eigenvalue weighted by Gasteiger charge is 2.05. The van der Waals surface area contributed by atoms with Crippen LogP contribution in [0.1, 0.15) is 5.69 Å². The minimum absolute atomic E-state index is 0.703. The van der Waals surface area contributed by atoms with Crippen molar-refractivity contribution in [2.24, 2.45) is 7.05 Å². The van der Waals surface area contributed by atoms with E-state index in [1.165, 1.54) is 0 Å². The molecule has 5 heteroatoms. The molecule has 96 valence electrons. The van der Waals surface area contributed by atoms with E-state index in [2.05, 4.69) is 37.4 Å². The predicted molar refractivity (Wildman–Crippen MR) is 80.0 cm³/mol. The first-order chi connectivity index (χ1) is 9.25. The first kappa shape index (κ1) is 12.2. The van der Waals surface area contributed by atoms with Gasteiger partial charge in [0.05, 0.1) is 12.2 Å². The lowest BCUT2D eigenvalue weighted by atomic mass is 10.1. The molecule has 0 aliphatic heterocycles. The van der Waals surface area contributed by atoms with E-state index < -0.39 is 0 Å². The Bertz CT molecular complexity index is 720. The fourth-order valence-corrected chi connectivity index (χ4v) is 2.56. The molecule has 2 aromatic heterocycles. The lowest BCUT2D eigenvalue weighted by Gasteiger charge is -2.09. The molecule has 0 bridgehead atoms. The highest BCUT2D eigenvalue weighted by Crippen LogP contribution is 2.27. The molecule has 0 unspecified atom stereocenters. The second-order valence-corrected chi connectivity index (χ2v) is 5.15. The monoisotopic (exact) mass is 316 g/mol. The summed E-state index contributed by atoms with van der Waals surface area (Å²) in [5.41, 5.74) is 1.12. The molecule has 1 N–H and O–H groups in total. The number of nitrogens with one attached hydrogen (secondary N) is 1. The van der Waals surface area contributed by atoms with E-state index in [0.717, 1.165) is 26.8 Å². The first-order valence-electron chi connectivity index (χ1n) is 5.99. The number of hydrogen-bond donors (Lipinski definition) is 1. The van der Waals surface area contributed by atoms with Gasteiger partial charge in [0.1, 0.15) is 5.82 Å². The lowest BCUT2D eigenvalue weighted by molar-refractivity contribution is 0.720. The number of rotatable bonds is 3. The van der Waals surface area contributed by atoms with Gasteiger partial charge in [-0.2, -0.15) is 5.10 Å². The summed E-state index contributed by atoms with van der Waals surface area (Å²) in [6, 6.07) is 10.1. The third kappa shape index (κ3) is 2.33.